The molecule has 8 heteroatoms. The fourth-order valence-corrected chi connectivity index (χ4v) is 2.35. The molecular weight excluding hydrogens is 273 g/mol. The van der Waals surface area contributed by atoms with Crippen LogP contribution in [0, 0.1) is 0 Å². The lowest BCUT2D eigenvalue weighted by molar-refractivity contribution is -0.139. The SMILES string of the molecule is COc1nc(N2C[C@@H](C)N[C@@H](C)C2)ncc1C(F)(F)F. The summed E-state index contributed by atoms with van der Waals surface area (Å²) in [5, 5.41) is 3.33. The molecule has 0 bridgehead atoms. The maximum absolute atomic E-state index is 12.7. The molecule has 2 rings (SSSR count). The van der Waals surface area contributed by atoms with E-state index in [0.717, 1.165) is 6.20 Å². The van der Waals surface area contributed by atoms with Crippen molar-refractivity contribution in [1.29, 1.82) is 0 Å². The Labute approximate surface area is 115 Å². The third kappa shape index (κ3) is 3.12. The Morgan fingerprint density at radius 1 is 1.30 bits per heavy atom. The van der Waals surface area contributed by atoms with Gasteiger partial charge in [0.2, 0.25) is 11.8 Å². The van der Waals surface area contributed by atoms with Crippen LogP contribution in [-0.4, -0.2) is 42.3 Å². The predicted octanol–water partition coefficient (Wildman–Crippen LogP) is 1.69. The first-order chi connectivity index (χ1) is 9.31. The van der Waals surface area contributed by atoms with Crippen LogP contribution in [0.2, 0.25) is 0 Å². The minimum atomic E-state index is -4.52. The first-order valence-corrected chi connectivity index (χ1v) is 6.30. The molecule has 0 saturated carbocycles. The van der Waals surface area contributed by atoms with Gasteiger partial charge in [-0.3, -0.25) is 0 Å². The molecule has 1 N–H and O–H groups in total. The smallest absolute Gasteiger partial charge is 0.423 e. The van der Waals surface area contributed by atoms with Crippen LogP contribution in [0.15, 0.2) is 6.20 Å². The molecule has 5 nitrogen and oxygen atoms in total. The van der Waals surface area contributed by atoms with Crippen LogP contribution < -0.4 is 15.0 Å². The Morgan fingerprint density at radius 3 is 2.40 bits per heavy atom. The molecule has 1 fully saturated rings. The van der Waals surface area contributed by atoms with Gasteiger partial charge in [0, 0.05) is 31.4 Å². The minimum Gasteiger partial charge on any atom is -0.480 e. The van der Waals surface area contributed by atoms with Crippen molar-refractivity contribution in [1.82, 2.24) is 15.3 Å². The zero-order valence-corrected chi connectivity index (χ0v) is 11.5. The lowest BCUT2D eigenvalue weighted by atomic mass is 10.1. The second-order valence-electron chi connectivity index (χ2n) is 4.96. The second-order valence-corrected chi connectivity index (χ2v) is 4.96. The Morgan fingerprint density at radius 2 is 1.90 bits per heavy atom. The molecule has 2 heterocycles. The molecule has 0 amide bonds. The highest BCUT2D eigenvalue weighted by molar-refractivity contribution is 5.38. The van der Waals surface area contributed by atoms with Crippen LogP contribution in [0.3, 0.4) is 0 Å². The number of hydrogen-bond acceptors (Lipinski definition) is 5. The van der Waals surface area contributed by atoms with Gasteiger partial charge in [0.05, 0.1) is 7.11 Å². The summed E-state index contributed by atoms with van der Waals surface area (Å²) in [6.45, 7) is 5.28. The molecule has 1 aliphatic heterocycles. The van der Waals surface area contributed by atoms with E-state index in [1.807, 2.05) is 18.7 Å². The number of rotatable bonds is 2. The van der Waals surface area contributed by atoms with Gasteiger partial charge in [0.1, 0.15) is 5.56 Å². The number of piperazine rings is 1. The van der Waals surface area contributed by atoms with Gasteiger partial charge in [-0.25, -0.2) is 4.98 Å². The topological polar surface area (TPSA) is 50.3 Å². The Kier molecular flexibility index (Phi) is 4.03. The van der Waals surface area contributed by atoms with Gasteiger partial charge in [-0.05, 0) is 13.8 Å². The van der Waals surface area contributed by atoms with E-state index >= 15 is 0 Å². The van der Waals surface area contributed by atoms with Gasteiger partial charge in [0.25, 0.3) is 0 Å². The molecule has 1 aromatic heterocycles. The molecular formula is C12H17F3N4O. The van der Waals surface area contributed by atoms with Crippen molar-refractivity contribution >= 4 is 5.95 Å². The van der Waals surface area contributed by atoms with Gasteiger partial charge >= 0.3 is 6.18 Å². The van der Waals surface area contributed by atoms with E-state index in [2.05, 4.69) is 15.3 Å². The maximum Gasteiger partial charge on any atom is 0.423 e. The summed E-state index contributed by atoms with van der Waals surface area (Å²) in [7, 11) is 1.17. The standard InChI is InChI=1S/C12H17F3N4O/c1-7-5-19(6-8(2)17-7)11-16-4-9(12(13,14)15)10(18-11)20-3/h4,7-8,17H,5-6H2,1-3H3/t7-,8+. The van der Waals surface area contributed by atoms with E-state index in [9.17, 15) is 13.2 Å². The quantitative estimate of drug-likeness (QED) is 0.898. The van der Waals surface area contributed by atoms with Crippen molar-refractivity contribution in [3.05, 3.63) is 11.8 Å². The van der Waals surface area contributed by atoms with Crippen molar-refractivity contribution in [2.75, 3.05) is 25.1 Å². The average molecular weight is 290 g/mol. The second kappa shape index (κ2) is 5.43. The molecule has 0 unspecified atom stereocenters. The number of halogens is 3. The molecule has 1 aromatic rings. The molecule has 0 aromatic carbocycles. The Hall–Kier alpha value is -1.57. The van der Waals surface area contributed by atoms with E-state index in [1.165, 1.54) is 7.11 Å². The summed E-state index contributed by atoms with van der Waals surface area (Å²) >= 11 is 0. The third-order valence-electron chi connectivity index (χ3n) is 3.08. The van der Waals surface area contributed by atoms with Crippen molar-refractivity contribution in [3.63, 3.8) is 0 Å². The number of aromatic nitrogens is 2. The Balaban J connectivity index is 2.30. The first-order valence-electron chi connectivity index (χ1n) is 6.30. The molecule has 1 saturated heterocycles. The third-order valence-corrected chi connectivity index (χ3v) is 3.08. The van der Waals surface area contributed by atoms with Crippen LogP contribution in [0.1, 0.15) is 19.4 Å². The number of nitrogens with zero attached hydrogens (tertiary/aromatic N) is 3. The predicted molar refractivity (Wildman–Crippen MR) is 67.9 cm³/mol. The highest BCUT2D eigenvalue weighted by Crippen LogP contribution is 2.35. The van der Waals surface area contributed by atoms with Crippen LogP contribution in [0.5, 0.6) is 5.88 Å². The summed E-state index contributed by atoms with van der Waals surface area (Å²) in [5.74, 6) is -0.184. The number of hydrogen-bond donors (Lipinski definition) is 1. The number of nitrogens with one attached hydrogen (secondary N) is 1. The van der Waals surface area contributed by atoms with E-state index in [4.69, 9.17) is 4.74 Å². The lowest BCUT2D eigenvalue weighted by Gasteiger charge is -2.36. The first kappa shape index (κ1) is 14.8. The van der Waals surface area contributed by atoms with E-state index in [0.29, 0.717) is 13.1 Å². The molecule has 0 aliphatic carbocycles. The van der Waals surface area contributed by atoms with Crippen LogP contribution in [0.25, 0.3) is 0 Å². The zero-order valence-electron chi connectivity index (χ0n) is 11.5. The van der Waals surface area contributed by atoms with Crippen molar-refractivity contribution in [2.24, 2.45) is 0 Å². The fraction of sp³-hybridized carbons (Fsp3) is 0.667. The summed E-state index contributed by atoms with van der Waals surface area (Å²) < 4.78 is 43.0. The lowest BCUT2D eigenvalue weighted by Crippen LogP contribution is -2.54. The summed E-state index contributed by atoms with van der Waals surface area (Å²) in [5.41, 5.74) is -0.958. The molecule has 0 spiro atoms. The largest absolute Gasteiger partial charge is 0.480 e. The van der Waals surface area contributed by atoms with Gasteiger partial charge in [-0.2, -0.15) is 18.2 Å². The van der Waals surface area contributed by atoms with Crippen molar-refractivity contribution < 1.29 is 17.9 Å². The molecule has 2 atom stereocenters. The molecule has 20 heavy (non-hydrogen) atoms. The van der Waals surface area contributed by atoms with Gasteiger partial charge in [-0.1, -0.05) is 0 Å². The van der Waals surface area contributed by atoms with Crippen LogP contribution in [-0.2, 0) is 6.18 Å². The number of ether oxygens (including phenoxy) is 1. The van der Waals surface area contributed by atoms with Gasteiger partial charge < -0.3 is 15.0 Å². The maximum atomic E-state index is 12.7. The van der Waals surface area contributed by atoms with Crippen molar-refractivity contribution in [2.45, 2.75) is 32.1 Å². The Bertz CT molecular complexity index is 470. The van der Waals surface area contributed by atoms with E-state index in [-0.39, 0.29) is 18.0 Å². The minimum absolute atomic E-state index is 0.218. The van der Waals surface area contributed by atoms with E-state index < -0.39 is 17.6 Å². The normalized spacial score (nSPS) is 23.8. The number of alkyl halides is 3. The highest BCUT2D eigenvalue weighted by Gasteiger charge is 2.36. The summed E-state index contributed by atoms with van der Waals surface area (Å²) in [4.78, 5) is 9.58. The highest BCUT2D eigenvalue weighted by atomic mass is 19.4. The summed E-state index contributed by atoms with van der Waals surface area (Å²) in [6, 6.07) is 0.436. The molecule has 112 valence electrons. The number of methoxy groups -OCH3 is 1. The van der Waals surface area contributed by atoms with Crippen LogP contribution >= 0.6 is 0 Å². The van der Waals surface area contributed by atoms with Gasteiger partial charge in [-0.15, -0.1) is 0 Å². The monoisotopic (exact) mass is 290 g/mol. The molecule has 1 aliphatic rings. The van der Waals surface area contributed by atoms with E-state index in [1.54, 1.807) is 0 Å². The number of anilines is 1. The van der Waals surface area contributed by atoms with Crippen molar-refractivity contribution in [3.8, 4) is 5.88 Å². The summed E-state index contributed by atoms with van der Waals surface area (Å²) in [6.07, 6.45) is -3.74. The molecule has 0 radical (unpaired) electrons. The average Bonchev–Trinajstić information content (AvgIpc) is 2.35. The zero-order chi connectivity index (χ0) is 14.9. The van der Waals surface area contributed by atoms with Gasteiger partial charge in [0.15, 0.2) is 0 Å². The van der Waals surface area contributed by atoms with Crippen LogP contribution in [0.4, 0.5) is 19.1 Å². The fourth-order valence-electron chi connectivity index (χ4n) is 2.35.